The van der Waals surface area contributed by atoms with E-state index in [1.165, 1.54) is 0 Å². The Hall–Kier alpha value is -1.20. The molecule has 2 N–H and O–H groups in total. The summed E-state index contributed by atoms with van der Waals surface area (Å²) >= 11 is 3.58. The quantitative estimate of drug-likeness (QED) is 0.932. The van der Waals surface area contributed by atoms with Gasteiger partial charge in [0.2, 0.25) is 0 Å². The highest BCUT2D eigenvalue weighted by molar-refractivity contribution is 9.10. The fourth-order valence-corrected chi connectivity index (χ4v) is 2.40. The zero-order valence-electron chi connectivity index (χ0n) is 9.02. The zero-order chi connectivity index (χ0) is 11.5. The second kappa shape index (κ2) is 4.76. The molecule has 84 valence electrons. The van der Waals surface area contributed by atoms with Crippen molar-refractivity contribution in [2.75, 3.05) is 6.54 Å². The number of aromatic nitrogens is 3. The number of nitrogens with zero attached hydrogens (tertiary/aromatic N) is 3. The normalized spacial score (nSPS) is 10.7. The summed E-state index contributed by atoms with van der Waals surface area (Å²) in [6.07, 6.45) is 4.34. The first-order chi connectivity index (χ1) is 7.74. The lowest BCUT2D eigenvalue weighted by atomic mass is 10.2. The smallest absolute Gasteiger partial charge is 0.107 e. The van der Waals surface area contributed by atoms with Crippen molar-refractivity contribution in [2.45, 2.75) is 6.42 Å². The van der Waals surface area contributed by atoms with E-state index in [9.17, 15) is 0 Å². The Morgan fingerprint density at radius 3 is 2.69 bits per heavy atom. The summed E-state index contributed by atoms with van der Waals surface area (Å²) in [5.74, 6) is 0. The second-order valence-electron chi connectivity index (χ2n) is 3.51. The monoisotopic (exact) mass is 280 g/mol. The molecule has 0 aliphatic carbocycles. The highest BCUT2D eigenvalue weighted by atomic mass is 79.9. The van der Waals surface area contributed by atoms with E-state index < -0.39 is 0 Å². The molecule has 16 heavy (non-hydrogen) atoms. The number of nitrogens with two attached hydrogens (primary N) is 1. The number of pyridine rings is 1. The van der Waals surface area contributed by atoms with Crippen molar-refractivity contribution in [3.05, 3.63) is 34.7 Å². The van der Waals surface area contributed by atoms with Crippen molar-refractivity contribution in [3.8, 4) is 11.3 Å². The minimum Gasteiger partial charge on any atom is -0.330 e. The summed E-state index contributed by atoms with van der Waals surface area (Å²) in [6.45, 7) is 0.619. The number of rotatable bonds is 3. The molecule has 5 heteroatoms. The molecular formula is C11H13BrN4. The Morgan fingerprint density at radius 2 is 2.06 bits per heavy atom. The molecule has 0 radical (unpaired) electrons. The highest BCUT2D eigenvalue weighted by Crippen LogP contribution is 2.29. The molecule has 0 unspecified atom stereocenters. The lowest BCUT2D eigenvalue weighted by Crippen LogP contribution is -2.07. The SMILES string of the molecule is Cn1nc(-c2ccncc2)c(Br)c1CCN. The first-order valence-corrected chi connectivity index (χ1v) is 5.85. The van der Waals surface area contributed by atoms with Gasteiger partial charge in [0.1, 0.15) is 5.69 Å². The average Bonchev–Trinajstić information content (AvgIpc) is 2.59. The Labute approximate surface area is 103 Å². The van der Waals surface area contributed by atoms with Gasteiger partial charge in [0.15, 0.2) is 0 Å². The summed E-state index contributed by atoms with van der Waals surface area (Å²) in [4.78, 5) is 4.00. The van der Waals surface area contributed by atoms with Gasteiger partial charge in [-0.2, -0.15) is 5.10 Å². The van der Waals surface area contributed by atoms with Gasteiger partial charge in [-0.25, -0.2) is 0 Å². The van der Waals surface area contributed by atoms with Gasteiger partial charge in [-0.15, -0.1) is 0 Å². The summed E-state index contributed by atoms with van der Waals surface area (Å²) in [6, 6.07) is 3.89. The van der Waals surface area contributed by atoms with Crippen LogP contribution in [0, 0.1) is 0 Å². The van der Waals surface area contributed by atoms with Gasteiger partial charge >= 0.3 is 0 Å². The van der Waals surface area contributed by atoms with Crippen molar-refractivity contribution >= 4 is 15.9 Å². The van der Waals surface area contributed by atoms with Gasteiger partial charge in [0.25, 0.3) is 0 Å². The number of halogens is 1. The Bertz CT molecular complexity index is 478. The summed E-state index contributed by atoms with van der Waals surface area (Å²) in [5, 5.41) is 4.49. The number of aryl methyl sites for hydroxylation is 1. The van der Waals surface area contributed by atoms with Gasteiger partial charge in [0.05, 0.1) is 10.2 Å². The molecule has 2 rings (SSSR count). The van der Waals surface area contributed by atoms with Crippen LogP contribution in [0.3, 0.4) is 0 Å². The van der Waals surface area contributed by atoms with Gasteiger partial charge in [-0.1, -0.05) is 0 Å². The van der Waals surface area contributed by atoms with E-state index in [1.54, 1.807) is 12.4 Å². The van der Waals surface area contributed by atoms with Crippen molar-refractivity contribution in [2.24, 2.45) is 12.8 Å². The molecule has 0 atom stereocenters. The molecule has 0 bridgehead atoms. The van der Waals surface area contributed by atoms with Crippen LogP contribution in [0.15, 0.2) is 29.0 Å². The van der Waals surface area contributed by atoms with E-state index in [2.05, 4.69) is 26.0 Å². The molecule has 0 aromatic carbocycles. The highest BCUT2D eigenvalue weighted by Gasteiger charge is 2.14. The maximum Gasteiger partial charge on any atom is 0.107 e. The predicted molar refractivity (Wildman–Crippen MR) is 66.9 cm³/mol. The van der Waals surface area contributed by atoms with Crippen molar-refractivity contribution in [1.82, 2.24) is 14.8 Å². The van der Waals surface area contributed by atoms with Gasteiger partial charge in [-0.3, -0.25) is 9.67 Å². The van der Waals surface area contributed by atoms with Crippen LogP contribution in [0.25, 0.3) is 11.3 Å². The zero-order valence-corrected chi connectivity index (χ0v) is 10.6. The van der Waals surface area contributed by atoms with Crippen LogP contribution in [-0.2, 0) is 13.5 Å². The summed E-state index contributed by atoms with van der Waals surface area (Å²) < 4.78 is 2.89. The Balaban J connectivity index is 2.47. The second-order valence-corrected chi connectivity index (χ2v) is 4.30. The maximum atomic E-state index is 5.57. The fourth-order valence-electron chi connectivity index (χ4n) is 1.64. The van der Waals surface area contributed by atoms with Crippen LogP contribution < -0.4 is 5.73 Å². The van der Waals surface area contributed by atoms with E-state index in [1.807, 2.05) is 23.9 Å². The number of hydrogen-bond acceptors (Lipinski definition) is 3. The molecule has 2 aromatic rings. The maximum absolute atomic E-state index is 5.57. The average molecular weight is 281 g/mol. The molecule has 2 aromatic heterocycles. The lowest BCUT2D eigenvalue weighted by Gasteiger charge is -1.99. The van der Waals surface area contributed by atoms with Gasteiger partial charge in [0, 0.05) is 31.4 Å². The van der Waals surface area contributed by atoms with Crippen molar-refractivity contribution in [3.63, 3.8) is 0 Å². The predicted octanol–water partition coefficient (Wildman–Crippen LogP) is 1.75. The minimum absolute atomic E-state index is 0.619. The molecule has 0 aliphatic heterocycles. The van der Waals surface area contributed by atoms with E-state index >= 15 is 0 Å². The third kappa shape index (κ3) is 2.01. The van der Waals surface area contributed by atoms with Crippen molar-refractivity contribution < 1.29 is 0 Å². The molecule has 0 aliphatic rings. The Morgan fingerprint density at radius 1 is 1.38 bits per heavy atom. The lowest BCUT2D eigenvalue weighted by molar-refractivity contribution is 0.707. The van der Waals surface area contributed by atoms with E-state index in [-0.39, 0.29) is 0 Å². The standard InChI is InChI=1S/C11H13BrN4/c1-16-9(2-5-13)10(12)11(15-16)8-3-6-14-7-4-8/h3-4,6-7H,2,5,13H2,1H3. The molecule has 0 spiro atoms. The van der Waals surface area contributed by atoms with Crippen LogP contribution in [0.4, 0.5) is 0 Å². The molecule has 2 heterocycles. The van der Waals surface area contributed by atoms with Crippen molar-refractivity contribution in [1.29, 1.82) is 0 Å². The summed E-state index contributed by atoms with van der Waals surface area (Å²) in [7, 11) is 1.93. The number of hydrogen-bond donors (Lipinski definition) is 1. The largest absolute Gasteiger partial charge is 0.330 e. The van der Waals surface area contributed by atoms with Crippen LogP contribution in [0.5, 0.6) is 0 Å². The third-order valence-corrected chi connectivity index (χ3v) is 3.27. The molecule has 0 saturated heterocycles. The van der Waals surface area contributed by atoms with Gasteiger partial charge in [-0.05, 0) is 34.6 Å². The molecule has 0 saturated carbocycles. The third-order valence-electron chi connectivity index (χ3n) is 2.44. The van der Waals surface area contributed by atoms with Crippen LogP contribution >= 0.6 is 15.9 Å². The summed E-state index contributed by atoms with van der Waals surface area (Å²) in [5.41, 5.74) is 8.69. The Kier molecular flexibility index (Phi) is 3.36. The molecule has 0 fully saturated rings. The molecular weight excluding hydrogens is 268 g/mol. The van der Waals surface area contributed by atoms with E-state index in [0.717, 1.165) is 27.8 Å². The first-order valence-electron chi connectivity index (χ1n) is 5.06. The molecule has 4 nitrogen and oxygen atoms in total. The van der Waals surface area contributed by atoms with Crippen LogP contribution in [0.2, 0.25) is 0 Å². The topological polar surface area (TPSA) is 56.7 Å². The van der Waals surface area contributed by atoms with E-state index in [0.29, 0.717) is 6.54 Å². The minimum atomic E-state index is 0.619. The molecule has 0 amide bonds. The first kappa shape index (κ1) is 11.3. The van der Waals surface area contributed by atoms with Crippen LogP contribution in [0.1, 0.15) is 5.69 Å². The fraction of sp³-hybridized carbons (Fsp3) is 0.273. The van der Waals surface area contributed by atoms with Gasteiger partial charge < -0.3 is 5.73 Å². The van der Waals surface area contributed by atoms with Crippen LogP contribution in [-0.4, -0.2) is 21.3 Å². The van der Waals surface area contributed by atoms with E-state index in [4.69, 9.17) is 5.73 Å².